The lowest BCUT2D eigenvalue weighted by Crippen LogP contribution is -2.45. The summed E-state index contributed by atoms with van der Waals surface area (Å²) in [5, 5.41) is 4.37. The second-order valence-corrected chi connectivity index (χ2v) is 8.99. The number of nitrogens with zero attached hydrogens (tertiary/aromatic N) is 1. The maximum atomic E-state index is 12.1. The van der Waals surface area contributed by atoms with E-state index < -0.39 is 9.89 Å². The van der Waals surface area contributed by atoms with Crippen molar-refractivity contribution in [1.82, 2.24) is 4.90 Å². The van der Waals surface area contributed by atoms with Crippen LogP contribution in [0.15, 0.2) is 18.2 Å². The summed E-state index contributed by atoms with van der Waals surface area (Å²) in [7, 11) is 1.68. The van der Waals surface area contributed by atoms with Gasteiger partial charge < -0.3 is 15.0 Å². The van der Waals surface area contributed by atoms with E-state index in [0.29, 0.717) is 10.0 Å². The number of halogens is 6. The van der Waals surface area contributed by atoms with Crippen molar-refractivity contribution in [2.75, 3.05) is 19.0 Å². The normalized spacial score (nSPS) is 19.9. The van der Waals surface area contributed by atoms with Gasteiger partial charge in [-0.2, -0.15) is 0 Å². The van der Waals surface area contributed by atoms with Gasteiger partial charge in [-0.3, -0.25) is 0 Å². The summed E-state index contributed by atoms with van der Waals surface area (Å²) in [5.74, 6) is 0. The third kappa shape index (κ3) is 6.93. The third-order valence-electron chi connectivity index (χ3n) is 3.90. The lowest BCUT2D eigenvalue weighted by molar-refractivity contribution is 0.0976. The van der Waals surface area contributed by atoms with Gasteiger partial charge in [-0.25, -0.2) is 4.79 Å². The van der Waals surface area contributed by atoms with Crippen LogP contribution in [0.4, 0.5) is 10.5 Å². The smallest absolute Gasteiger partial charge is 0.409 e. The highest BCUT2D eigenvalue weighted by atomic mass is 35.6. The van der Waals surface area contributed by atoms with Crippen LogP contribution in [0.1, 0.15) is 19.3 Å². The fourth-order valence-corrected chi connectivity index (χ4v) is 3.21. The average molecular weight is 471 g/mol. The summed E-state index contributed by atoms with van der Waals surface area (Å²) < 4.78 is 3.42. The number of ether oxygens (including phenoxy) is 1. The first kappa shape index (κ1) is 23.1. The Bertz CT molecular complexity index is 596. The lowest BCUT2D eigenvalue weighted by atomic mass is 10.1. The standard InChI is InChI=1S/C15H17Cl5N2O2.ClH/c1-22(14(23)24-8-15(18,19)20)13-4-2-3-12(13)21-9-5-6-10(16)11(17)7-9;/h5-7,12-13,21H,2-4,8H2,1H3;1H/t12-,13-;/m1./s1. The van der Waals surface area contributed by atoms with Gasteiger partial charge in [0.05, 0.1) is 16.1 Å². The Kier molecular flexibility index (Phi) is 9.06. The SMILES string of the molecule is CN(C(=O)OCC(Cl)(Cl)Cl)[C@@H]1CCC[C@H]1Nc1ccc(Cl)c(Cl)c1.Cl. The highest BCUT2D eigenvalue weighted by Crippen LogP contribution is 2.31. The Hall–Kier alpha value is 0.0300. The Morgan fingerprint density at radius 2 is 1.96 bits per heavy atom. The molecule has 2 rings (SSSR count). The number of hydrogen-bond acceptors (Lipinski definition) is 3. The van der Waals surface area contributed by atoms with Crippen LogP contribution in [-0.4, -0.2) is 40.5 Å². The zero-order chi connectivity index (χ0) is 17.9. The second kappa shape index (κ2) is 9.82. The predicted octanol–water partition coefficient (Wildman–Crippen LogP) is 6.19. The molecule has 142 valence electrons. The van der Waals surface area contributed by atoms with Gasteiger partial charge in [-0.05, 0) is 37.5 Å². The number of amides is 1. The molecule has 4 nitrogen and oxygen atoms in total. The van der Waals surface area contributed by atoms with E-state index in [0.717, 1.165) is 24.9 Å². The number of benzene rings is 1. The number of anilines is 1. The number of likely N-dealkylation sites (N-methyl/N-ethyl adjacent to an activating group) is 1. The zero-order valence-corrected chi connectivity index (χ0v) is 17.9. The molecule has 2 atom stereocenters. The van der Waals surface area contributed by atoms with Gasteiger partial charge in [0.25, 0.3) is 0 Å². The van der Waals surface area contributed by atoms with Crippen LogP contribution in [0, 0.1) is 0 Å². The van der Waals surface area contributed by atoms with Gasteiger partial charge in [0.15, 0.2) is 0 Å². The summed E-state index contributed by atoms with van der Waals surface area (Å²) in [6.07, 6.45) is 2.26. The fourth-order valence-electron chi connectivity index (χ4n) is 2.75. The quantitative estimate of drug-likeness (QED) is 0.533. The summed E-state index contributed by atoms with van der Waals surface area (Å²) in [4.78, 5) is 13.7. The first-order chi connectivity index (χ1) is 11.2. The summed E-state index contributed by atoms with van der Waals surface area (Å²) in [5.41, 5.74) is 0.851. The molecule has 0 saturated heterocycles. The van der Waals surface area contributed by atoms with Crippen LogP contribution < -0.4 is 5.32 Å². The van der Waals surface area contributed by atoms with Crippen LogP contribution in [-0.2, 0) is 4.74 Å². The second-order valence-electron chi connectivity index (χ2n) is 5.66. The number of alkyl halides is 3. The van der Waals surface area contributed by atoms with E-state index in [9.17, 15) is 4.79 Å². The van der Waals surface area contributed by atoms with Gasteiger partial charge >= 0.3 is 6.09 Å². The van der Waals surface area contributed by atoms with E-state index in [2.05, 4.69) is 5.32 Å². The molecule has 25 heavy (non-hydrogen) atoms. The van der Waals surface area contributed by atoms with Crippen LogP contribution in [0.25, 0.3) is 0 Å². The van der Waals surface area contributed by atoms with E-state index in [1.165, 1.54) is 0 Å². The monoisotopic (exact) mass is 468 g/mol. The molecule has 1 aromatic carbocycles. The Labute approximate surface area is 178 Å². The number of rotatable bonds is 4. The topological polar surface area (TPSA) is 41.6 Å². The van der Waals surface area contributed by atoms with Crippen molar-refractivity contribution in [1.29, 1.82) is 0 Å². The minimum atomic E-state index is -1.62. The molecular formula is C15H18Cl6N2O2. The fraction of sp³-hybridized carbons (Fsp3) is 0.533. The molecule has 1 aliphatic carbocycles. The molecule has 1 aliphatic rings. The van der Waals surface area contributed by atoms with Crippen LogP contribution in [0.2, 0.25) is 10.0 Å². The van der Waals surface area contributed by atoms with Gasteiger partial charge in [-0.15, -0.1) is 12.4 Å². The van der Waals surface area contributed by atoms with Crippen molar-refractivity contribution in [3.05, 3.63) is 28.2 Å². The molecule has 1 N–H and O–H groups in total. The van der Waals surface area contributed by atoms with Crippen molar-refractivity contribution in [2.45, 2.75) is 35.1 Å². The van der Waals surface area contributed by atoms with Crippen molar-refractivity contribution < 1.29 is 9.53 Å². The predicted molar refractivity (Wildman–Crippen MR) is 108 cm³/mol. The van der Waals surface area contributed by atoms with Crippen molar-refractivity contribution in [2.24, 2.45) is 0 Å². The molecule has 1 fully saturated rings. The van der Waals surface area contributed by atoms with Gasteiger partial charge in [0.2, 0.25) is 3.79 Å². The maximum Gasteiger partial charge on any atom is 0.409 e. The molecule has 0 bridgehead atoms. The number of hydrogen-bond donors (Lipinski definition) is 1. The highest BCUT2D eigenvalue weighted by Gasteiger charge is 2.34. The lowest BCUT2D eigenvalue weighted by Gasteiger charge is -2.30. The van der Waals surface area contributed by atoms with E-state index in [-0.39, 0.29) is 31.1 Å². The zero-order valence-electron chi connectivity index (χ0n) is 13.3. The molecule has 0 radical (unpaired) electrons. The molecule has 1 saturated carbocycles. The van der Waals surface area contributed by atoms with E-state index >= 15 is 0 Å². The Morgan fingerprint density at radius 3 is 2.56 bits per heavy atom. The molecule has 1 amide bonds. The Balaban J connectivity index is 0.00000312. The number of nitrogens with one attached hydrogen (secondary N) is 1. The summed E-state index contributed by atoms with van der Waals surface area (Å²) in [6, 6.07) is 5.40. The third-order valence-corrected chi connectivity index (χ3v) is 4.96. The molecule has 10 heteroatoms. The summed E-state index contributed by atoms with van der Waals surface area (Å²) >= 11 is 28.8. The largest absolute Gasteiger partial charge is 0.445 e. The van der Waals surface area contributed by atoms with Crippen LogP contribution in [0.3, 0.4) is 0 Å². The van der Waals surface area contributed by atoms with E-state index in [1.807, 2.05) is 6.07 Å². The maximum absolute atomic E-state index is 12.1. The molecule has 1 aromatic rings. The first-order valence-corrected chi connectivity index (χ1v) is 9.24. The molecule has 0 heterocycles. The van der Waals surface area contributed by atoms with Crippen molar-refractivity contribution in [3.8, 4) is 0 Å². The highest BCUT2D eigenvalue weighted by molar-refractivity contribution is 6.67. The first-order valence-electron chi connectivity index (χ1n) is 7.35. The number of carbonyl (C=O) groups is 1. The molecule has 0 spiro atoms. The average Bonchev–Trinajstić information content (AvgIpc) is 2.95. The van der Waals surface area contributed by atoms with Crippen molar-refractivity contribution in [3.63, 3.8) is 0 Å². The molecular weight excluding hydrogens is 453 g/mol. The van der Waals surface area contributed by atoms with Gasteiger partial charge in [-0.1, -0.05) is 58.0 Å². The van der Waals surface area contributed by atoms with Crippen LogP contribution in [0.5, 0.6) is 0 Å². The Morgan fingerprint density at radius 1 is 1.28 bits per heavy atom. The van der Waals surface area contributed by atoms with Gasteiger partial charge in [0.1, 0.15) is 6.61 Å². The minimum absolute atomic E-state index is 0. The molecule has 0 aliphatic heterocycles. The van der Waals surface area contributed by atoms with Crippen LogP contribution >= 0.6 is 70.4 Å². The van der Waals surface area contributed by atoms with Crippen molar-refractivity contribution >= 4 is 82.2 Å². The minimum Gasteiger partial charge on any atom is -0.445 e. The summed E-state index contributed by atoms with van der Waals surface area (Å²) in [6.45, 7) is -0.293. The van der Waals surface area contributed by atoms with E-state index in [4.69, 9.17) is 62.7 Å². The number of carbonyl (C=O) groups excluding carboxylic acids is 1. The molecule has 0 unspecified atom stereocenters. The molecule has 0 aromatic heterocycles. The van der Waals surface area contributed by atoms with Gasteiger partial charge in [0, 0.05) is 18.8 Å². The van der Waals surface area contributed by atoms with E-state index in [1.54, 1.807) is 24.1 Å².